The van der Waals surface area contributed by atoms with Crippen LogP contribution in [0.1, 0.15) is 5.82 Å². The van der Waals surface area contributed by atoms with Gasteiger partial charge in [0.2, 0.25) is 5.82 Å². The van der Waals surface area contributed by atoms with E-state index in [-0.39, 0.29) is 11.6 Å². The third-order valence-corrected chi connectivity index (χ3v) is 3.58. The minimum absolute atomic E-state index is 0.0460. The fourth-order valence-electron chi connectivity index (χ4n) is 1.49. The molecule has 0 fully saturated rings. The SMILES string of the molecule is CNc1cc(Nc2ccc(Br)cc2Br)nc(C(F)(F)F)n1. The topological polar surface area (TPSA) is 49.8 Å². The molecule has 0 aliphatic rings. The Labute approximate surface area is 135 Å². The molecule has 0 radical (unpaired) electrons. The van der Waals surface area contributed by atoms with Gasteiger partial charge in [-0.1, -0.05) is 15.9 Å². The predicted octanol–water partition coefficient (Wildman–Crippen LogP) is 4.81. The Kier molecular flexibility index (Phi) is 4.72. The molecule has 2 aromatic rings. The van der Waals surface area contributed by atoms with Crippen molar-refractivity contribution in [1.82, 2.24) is 9.97 Å². The molecule has 0 unspecified atom stereocenters. The summed E-state index contributed by atoms with van der Waals surface area (Å²) in [7, 11) is 1.49. The molecule has 0 amide bonds. The third kappa shape index (κ3) is 4.07. The maximum Gasteiger partial charge on any atom is 0.451 e. The molecule has 0 aliphatic carbocycles. The summed E-state index contributed by atoms with van der Waals surface area (Å²) in [4.78, 5) is 6.89. The molecular weight excluding hydrogens is 417 g/mol. The summed E-state index contributed by atoms with van der Waals surface area (Å²) in [6, 6.07) is 6.64. The van der Waals surface area contributed by atoms with Crippen LogP contribution in [0.15, 0.2) is 33.2 Å². The number of halogens is 5. The van der Waals surface area contributed by atoms with Crippen LogP contribution in [0.25, 0.3) is 0 Å². The van der Waals surface area contributed by atoms with Crippen LogP contribution in [0, 0.1) is 0 Å². The first-order valence-corrected chi connectivity index (χ1v) is 7.24. The lowest BCUT2D eigenvalue weighted by atomic mass is 10.3. The van der Waals surface area contributed by atoms with E-state index in [1.807, 2.05) is 0 Å². The zero-order valence-corrected chi connectivity index (χ0v) is 13.8. The highest BCUT2D eigenvalue weighted by atomic mass is 79.9. The Morgan fingerprint density at radius 3 is 2.29 bits per heavy atom. The zero-order valence-electron chi connectivity index (χ0n) is 10.6. The highest BCUT2D eigenvalue weighted by Crippen LogP contribution is 2.31. The number of nitrogens with zero attached hydrogens (tertiary/aromatic N) is 2. The molecular formula is C12H9Br2F3N4. The quantitative estimate of drug-likeness (QED) is 0.741. The zero-order chi connectivity index (χ0) is 15.6. The first-order chi connectivity index (χ1) is 9.79. The number of anilines is 3. The minimum atomic E-state index is -4.61. The molecule has 0 saturated carbocycles. The van der Waals surface area contributed by atoms with Gasteiger partial charge in [0.25, 0.3) is 0 Å². The average Bonchev–Trinajstić information content (AvgIpc) is 2.40. The molecule has 2 N–H and O–H groups in total. The van der Waals surface area contributed by atoms with E-state index in [1.54, 1.807) is 18.2 Å². The summed E-state index contributed by atoms with van der Waals surface area (Å²) in [6.45, 7) is 0. The molecule has 4 nitrogen and oxygen atoms in total. The van der Waals surface area contributed by atoms with Crippen LogP contribution in [0.4, 0.5) is 30.5 Å². The number of benzene rings is 1. The van der Waals surface area contributed by atoms with Crippen molar-refractivity contribution in [2.45, 2.75) is 6.18 Å². The maximum absolute atomic E-state index is 12.8. The van der Waals surface area contributed by atoms with Gasteiger partial charge in [-0.3, -0.25) is 0 Å². The number of alkyl halides is 3. The largest absolute Gasteiger partial charge is 0.451 e. The van der Waals surface area contributed by atoms with Gasteiger partial charge in [-0.05, 0) is 34.1 Å². The summed E-state index contributed by atoms with van der Waals surface area (Å²) in [6.07, 6.45) is -4.61. The average molecular weight is 426 g/mol. The highest BCUT2D eigenvalue weighted by molar-refractivity contribution is 9.11. The van der Waals surface area contributed by atoms with Gasteiger partial charge in [-0.2, -0.15) is 13.2 Å². The number of hydrogen-bond donors (Lipinski definition) is 2. The number of nitrogens with one attached hydrogen (secondary N) is 2. The molecule has 112 valence electrons. The molecule has 0 saturated heterocycles. The fraction of sp³-hybridized carbons (Fsp3) is 0.167. The molecule has 21 heavy (non-hydrogen) atoms. The Balaban J connectivity index is 2.39. The van der Waals surface area contributed by atoms with Crippen molar-refractivity contribution < 1.29 is 13.2 Å². The summed E-state index contributed by atoms with van der Waals surface area (Å²) in [5, 5.41) is 5.41. The van der Waals surface area contributed by atoms with E-state index in [1.165, 1.54) is 13.1 Å². The minimum Gasteiger partial charge on any atom is -0.373 e. The first kappa shape index (κ1) is 16.0. The van der Waals surface area contributed by atoms with Crippen LogP contribution in [0.3, 0.4) is 0 Å². The van der Waals surface area contributed by atoms with Gasteiger partial charge in [-0.15, -0.1) is 0 Å². The standard InChI is InChI=1S/C12H9Br2F3N4/c1-18-9-5-10(21-11(20-9)12(15,16)17)19-8-3-2-6(13)4-7(8)14/h2-5H,1H3,(H2,18,19,20,21). The van der Waals surface area contributed by atoms with Crippen molar-refractivity contribution in [2.24, 2.45) is 0 Å². The van der Waals surface area contributed by atoms with Gasteiger partial charge in [0.1, 0.15) is 11.6 Å². The molecule has 1 heterocycles. The second-order valence-corrected chi connectivity index (χ2v) is 5.73. The monoisotopic (exact) mass is 424 g/mol. The van der Waals surface area contributed by atoms with E-state index in [2.05, 4.69) is 52.5 Å². The molecule has 0 aliphatic heterocycles. The Morgan fingerprint density at radius 1 is 1.05 bits per heavy atom. The van der Waals surface area contributed by atoms with Crippen LogP contribution in [-0.4, -0.2) is 17.0 Å². The van der Waals surface area contributed by atoms with Crippen molar-refractivity contribution in [3.63, 3.8) is 0 Å². The summed E-state index contributed by atoms with van der Waals surface area (Å²) in [5.41, 5.74) is 0.590. The Bertz CT molecular complexity index is 661. The lowest BCUT2D eigenvalue weighted by Gasteiger charge is -2.12. The number of hydrogen-bond acceptors (Lipinski definition) is 4. The van der Waals surface area contributed by atoms with E-state index >= 15 is 0 Å². The van der Waals surface area contributed by atoms with Crippen LogP contribution in [0.2, 0.25) is 0 Å². The normalized spacial score (nSPS) is 11.3. The van der Waals surface area contributed by atoms with Crippen LogP contribution in [0.5, 0.6) is 0 Å². The molecule has 0 spiro atoms. The van der Waals surface area contributed by atoms with Crippen molar-refractivity contribution in [3.8, 4) is 0 Å². The van der Waals surface area contributed by atoms with Crippen LogP contribution in [-0.2, 0) is 6.18 Å². The number of aromatic nitrogens is 2. The summed E-state index contributed by atoms with van der Waals surface area (Å²) < 4.78 is 39.8. The first-order valence-electron chi connectivity index (χ1n) is 5.65. The van der Waals surface area contributed by atoms with Crippen LogP contribution >= 0.6 is 31.9 Å². The highest BCUT2D eigenvalue weighted by Gasteiger charge is 2.35. The van der Waals surface area contributed by atoms with E-state index < -0.39 is 12.0 Å². The Hall–Kier alpha value is -1.35. The molecule has 9 heteroatoms. The van der Waals surface area contributed by atoms with Gasteiger partial charge in [0, 0.05) is 22.1 Å². The van der Waals surface area contributed by atoms with E-state index in [9.17, 15) is 13.2 Å². The predicted molar refractivity (Wildman–Crippen MR) is 81.7 cm³/mol. The smallest absolute Gasteiger partial charge is 0.373 e. The second kappa shape index (κ2) is 6.18. The van der Waals surface area contributed by atoms with Crippen molar-refractivity contribution in [2.75, 3.05) is 17.7 Å². The van der Waals surface area contributed by atoms with Crippen LogP contribution < -0.4 is 10.6 Å². The lowest BCUT2D eigenvalue weighted by molar-refractivity contribution is -0.144. The molecule has 1 aromatic heterocycles. The fourth-order valence-corrected chi connectivity index (χ4v) is 2.64. The summed E-state index contributed by atoms with van der Waals surface area (Å²) in [5.74, 6) is -1.08. The van der Waals surface area contributed by atoms with Gasteiger partial charge in [-0.25, -0.2) is 9.97 Å². The molecule has 0 bridgehead atoms. The second-order valence-electron chi connectivity index (χ2n) is 3.96. The van der Waals surface area contributed by atoms with E-state index in [0.717, 1.165) is 4.47 Å². The van der Waals surface area contributed by atoms with E-state index in [0.29, 0.717) is 10.2 Å². The van der Waals surface area contributed by atoms with Crippen molar-refractivity contribution >= 4 is 49.2 Å². The van der Waals surface area contributed by atoms with E-state index in [4.69, 9.17) is 0 Å². The summed E-state index contributed by atoms with van der Waals surface area (Å²) >= 11 is 6.62. The van der Waals surface area contributed by atoms with Crippen molar-refractivity contribution in [1.29, 1.82) is 0 Å². The third-order valence-electron chi connectivity index (χ3n) is 2.43. The van der Waals surface area contributed by atoms with Gasteiger partial charge < -0.3 is 10.6 Å². The van der Waals surface area contributed by atoms with Gasteiger partial charge in [0.05, 0.1) is 5.69 Å². The number of rotatable bonds is 3. The molecule has 0 atom stereocenters. The maximum atomic E-state index is 12.8. The molecule has 1 aromatic carbocycles. The molecule has 2 rings (SSSR count). The van der Waals surface area contributed by atoms with Crippen molar-refractivity contribution in [3.05, 3.63) is 39.0 Å². The Morgan fingerprint density at radius 2 is 1.71 bits per heavy atom. The lowest BCUT2D eigenvalue weighted by Crippen LogP contribution is -2.13. The van der Waals surface area contributed by atoms with Gasteiger partial charge in [0.15, 0.2) is 0 Å². The van der Waals surface area contributed by atoms with Gasteiger partial charge >= 0.3 is 6.18 Å².